The largest absolute Gasteiger partial charge is 0.339 e. The molecule has 8 nitrogen and oxygen atoms in total. The lowest BCUT2D eigenvalue weighted by atomic mass is 10.2. The van der Waals surface area contributed by atoms with Crippen LogP contribution in [-0.2, 0) is 14.6 Å². The van der Waals surface area contributed by atoms with Crippen molar-refractivity contribution in [1.29, 1.82) is 0 Å². The van der Waals surface area contributed by atoms with Crippen molar-refractivity contribution in [2.24, 2.45) is 0 Å². The molecule has 10 heteroatoms. The topological polar surface area (TPSA) is 92.6 Å². The second-order valence-corrected chi connectivity index (χ2v) is 11.6. The third-order valence-corrected chi connectivity index (χ3v) is 8.70. The van der Waals surface area contributed by atoms with E-state index in [0.29, 0.717) is 48.7 Å². The van der Waals surface area contributed by atoms with Gasteiger partial charge in [-0.25, -0.2) is 13.4 Å². The first-order valence-corrected chi connectivity index (χ1v) is 13.4. The average Bonchev–Trinajstić information content (AvgIpc) is 3.11. The van der Waals surface area contributed by atoms with E-state index in [2.05, 4.69) is 9.88 Å². The molecule has 0 bridgehead atoms. The summed E-state index contributed by atoms with van der Waals surface area (Å²) in [5.74, 6) is 0.734. The summed E-state index contributed by atoms with van der Waals surface area (Å²) in [7, 11) is -2.90. The molecule has 2 fully saturated rings. The highest BCUT2D eigenvalue weighted by Gasteiger charge is 2.34. The first-order valence-electron chi connectivity index (χ1n) is 10.6. The van der Waals surface area contributed by atoms with Crippen LogP contribution < -0.4 is 5.56 Å². The normalized spacial score (nSPS) is 21.8. The van der Waals surface area contributed by atoms with E-state index in [1.165, 1.54) is 11.8 Å². The number of hydrogen-bond acceptors (Lipinski definition) is 7. The van der Waals surface area contributed by atoms with Gasteiger partial charge in [0.1, 0.15) is 0 Å². The van der Waals surface area contributed by atoms with E-state index < -0.39 is 9.84 Å². The minimum absolute atomic E-state index is 0.0152. The number of nitrogens with zero attached hydrogens (tertiary/aromatic N) is 4. The van der Waals surface area contributed by atoms with Gasteiger partial charge in [0.05, 0.1) is 28.2 Å². The van der Waals surface area contributed by atoms with Gasteiger partial charge in [-0.3, -0.25) is 19.1 Å². The maximum atomic E-state index is 12.9. The molecule has 168 valence electrons. The van der Waals surface area contributed by atoms with Crippen molar-refractivity contribution in [3.63, 3.8) is 0 Å². The Morgan fingerprint density at radius 1 is 1.19 bits per heavy atom. The Morgan fingerprint density at radius 2 is 1.90 bits per heavy atom. The van der Waals surface area contributed by atoms with Crippen molar-refractivity contribution in [2.45, 2.75) is 37.5 Å². The number of thioether (sulfide) groups is 1. The van der Waals surface area contributed by atoms with Crippen LogP contribution in [0, 0.1) is 0 Å². The number of piperazine rings is 1. The van der Waals surface area contributed by atoms with Crippen molar-refractivity contribution in [1.82, 2.24) is 19.4 Å². The van der Waals surface area contributed by atoms with Crippen LogP contribution in [0.1, 0.15) is 26.3 Å². The van der Waals surface area contributed by atoms with Crippen LogP contribution in [-0.4, -0.2) is 83.2 Å². The van der Waals surface area contributed by atoms with E-state index in [0.717, 1.165) is 0 Å². The minimum atomic E-state index is -2.90. The zero-order chi connectivity index (χ0) is 22.2. The Labute approximate surface area is 186 Å². The molecule has 0 spiro atoms. The number of sulfone groups is 1. The van der Waals surface area contributed by atoms with Gasteiger partial charge in [0.15, 0.2) is 15.0 Å². The number of benzene rings is 1. The predicted octanol–water partition coefficient (Wildman–Crippen LogP) is 1.40. The molecule has 31 heavy (non-hydrogen) atoms. The molecule has 1 atom stereocenters. The lowest BCUT2D eigenvalue weighted by molar-refractivity contribution is -0.130. The first-order chi connectivity index (χ1) is 14.7. The number of carbonyl (C=O) groups is 1. The fourth-order valence-corrected chi connectivity index (χ4v) is 7.09. The van der Waals surface area contributed by atoms with Gasteiger partial charge in [-0.05, 0) is 32.4 Å². The van der Waals surface area contributed by atoms with E-state index >= 15 is 0 Å². The van der Waals surface area contributed by atoms with Gasteiger partial charge in [-0.15, -0.1) is 0 Å². The summed E-state index contributed by atoms with van der Waals surface area (Å²) in [6, 6.07) is 7.29. The molecule has 2 aliphatic rings. The summed E-state index contributed by atoms with van der Waals surface area (Å²) in [6.07, 6.45) is 0.687. The summed E-state index contributed by atoms with van der Waals surface area (Å²) in [4.78, 5) is 34.4. The van der Waals surface area contributed by atoms with E-state index in [1.807, 2.05) is 36.9 Å². The van der Waals surface area contributed by atoms with Gasteiger partial charge in [0.2, 0.25) is 5.91 Å². The summed E-state index contributed by atoms with van der Waals surface area (Å²) in [6.45, 7) is 6.46. The lowest BCUT2D eigenvalue weighted by Gasteiger charge is -2.37. The highest BCUT2D eigenvalue weighted by atomic mass is 32.2. The standard InChI is InChI=1S/C21H28N4O4S2/c1-15(2)25-20(27)17-5-3-4-6-18(17)22-21(25)30-13-19(26)24-10-8-23(9-11-24)16-7-12-31(28,29)14-16/h3-6,15-16H,7-14H2,1-2H3/t16-/m1/s1. The molecular weight excluding hydrogens is 436 g/mol. The maximum Gasteiger partial charge on any atom is 0.262 e. The van der Waals surface area contributed by atoms with Crippen LogP contribution in [0.25, 0.3) is 10.9 Å². The molecule has 0 unspecified atom stereocenters. The molecule has 0 aliphatic carbocycles. The molecule has 2 aliphatic heterocycles. The number of amides is 1. The molecule has 4 rings (SSSR count). The van der Waals surface area contributed by atoms with E-state index in [9.17, 15) is 18.0 Å². The summed E-state index contributed by atoms with van der Waals surface area (Å²) >= 11 is 1.30. The first kappa shape index (κ1) is 22.3. The molecule has 1 aromatic heterocycles. The number of para-hydroxylation sites is 1. The number of carbonyl (C=O) groups excluding carboxylic acids is 1. The van der Waals surface area contributed by atoms with Crippen LogP contribution in [0.15, 0.2) is 34.2 Å². The Morgan fingerprint density at radius 3 is 2.55 bits per heavy atom. The molecule has 2 saturated heterocycles. The Bertz CT molecular complexity index is 1140. The molecule has 0 radical (unpaired) electrons. The Balaban J connectivity index is 1.40. The number of rotatable bonds is 5. The minimum Gasteiger partial charge on any atom is -0.339 e. The average molecular weight is 465 g/mol. The van der Waals surface area contributed by atoms with Crippen LogP contribution in [0.2, 0.25) is 0 Å². The molecule has 3 heterocycles. The van der Waals surface area contributed by atoms with Crippen molar-refractivity contribution < 1.29 is 13.2 Å². The predicted molar refractivity (Wildman–Crippen MR) is 122 cm³/mol. The van der Waals surface area contributed by atoms with E-state index in [-0.39, 0.29) is 40.8 Å². The summed E-state index contributed by atoms with van der Waals surface area (Å²) in [5, 5.41) is 1.14. The van der Waals surface area contributed by atoms with Crippen LogP contribution in [0.5, 0.6) is 0 Å². The molecule has 1 amide bonds. The fourth-order valence-electron chi connectivity index (χ4n) is 4.30. The second-order valence-electron chi connectivity index (χ2n) is 8.44. The molecule has 0 saturated carbocycles. The number of aromatic nitrogens is 2. The third kappa shape index (κ3) is 4.80. The van der Waals surface area contributed by atoms with Gasteiger partial charge < -0.3 is 4.90 Å². The van der Waals surface area contributed by atoms with Crippen molar-refractivity contribution in [3.05, 3.63) is 34.6 Å². The van der Waals surface area contributed by atoms with Crippen LogP contribution >= 0.6 is 11.8 Å². The van der Waals surface area contributed by atoms with Gasteiger partial charge in [-0.2, -0.15) is 0 Å². The quantitative estimate of drug-likeness (QED) is 0.488. The molecule has 0 N–H and O–H groups in total. The summed E-state index contributed by atoms with van der Waals surface area (Å²) < 4.78 is 25.1. The van der Waals surface area contributed by atoms with Crippen LogP contribution in [0.4, 0.5) is 0 Å². The van der Waals surface area contributed by atoms with E-state index in [4.69, 9.17) is 0 Å². The van der Waals surface area contributed by atoms with Gasteiger partial charge in [0, 0.05) is 38.3 Å². The van der Waals surface area contributed by atoms with Crippen molar-refractivity contribution >= 4 is 38.4 Å². The maximum absolute atomic E-state index is 12.9. The van der Waals surface area contributed by atoms with Gasteiger partial charge in [0.25, 0.3) is 5.56 Å². The third-order valence-electron chi connectivity index (χ3n) is 6.01. The fraction of sp³-hybridized carbons (Fsp3) is 0.571. The highest BCUT2D eigenvalue weighted by molar-refractivity contribution is 7.99. The number of hydrogen-bond donors (Lipinski definition) is 0. The van der Waals surface area contributed by atoms with Gasteiger partial charge >= 0.3 is 0 Å². The Hall–Kier alpha value is -1.91. The lowest BCUT2D eigenvalue weighted by Crippen LogP contribution is -2.52. The highest BCUT2D eigenvalue weighted by Crippen LogP contribution is 2.23. The molecule has 1 aromatic carbocycles. The second kappa shape index (κ2) is 8.91. The Kier molecular flexibility index (Phi) is 6.41. The van der Waals surface area contributed by atoms with E-state index in [1.54, 1.807) is 10.6 Å². The number of fused-ring (bicyclic) bond motifs is 1. The SMILES string of the molecule is CC(C)n1c(SCC(=O)N2CCN([C@@H]3CCS(=O)(=O)C3)CC2)nc2ccccc2c1=O. The van der Waals surface area contributed by atoms with Crippen molar-refractivity contribution in [3.8, 4) is 0 Å². The smallest absolute Gasteiger partial charge is 0.262 e. The van der Waals surface area contributed by atoms with Crippen molar-refractivity contribution in [2.75, 3.05) is 43.4 Å². The van der Waals surface area contributed by atoms with Gasteiger partial charge in [-0.1, -0.05) is 23.9 Å². The summed E-state index contributed by atoms with van der Waals surface area (Å²) in [5.41, 5.74) is 0.551. The monoisotopic (exact) mass is 464 g/mol. The zero-order valence-electron chi connectivity index (χ0n) is 17.9. The molecule has 2 aromatic rings. The zero-order valence-corrected chi connectivity index (χ0v) is 19.5. The molecular formula is C21H28N4O4S2. The van der Waals surface area contributed by atoms with Crippen LogP contribution in [0.3, 0.4) is 0 Å².